The number of aromatic carboxylic acids is 1. The number of carboxylic acids is 1. The molecule has 2 atom stereocenters. The van der Waals surface area contributed by atoms with Crippen LogP contribution in [0.15, 0.2) is 60.7 Å². The molecule has 1 aliphatic rings. The third kappa shape index (κ3) is 4.70. The monoisotopic (exact) mass is 491 g/mol. The first-order chi connectivity index (χ1) is 17.4. The minimum atomic E-state index is -1.19. The summed E-state index contributed by atoms with van der Waals surface area (Å²) in [6.45, 7) is 0. The number of nitriles is 1. The van der Waals surface area contributed by atoms with E-state index in [0.717, 1.165) is 5.01 Å². The molecule has 11 heteroatoms. The molecule has 0 spiro atoms. The van der Waals surface area contributed by atoms with Crippen molar-refractivity contribution in [2.24, 2.45) is 0 Å². The van der Waals surface area contributed by atoms with Crippen LogP contribution in [0.4, 0.5) is 20.6 Å². The molecule has 184 valence electrons. The number of amides is 2. The van der Waals surface area contributed by atoms with Crippen LogP contribution in [0.25, 0.3) is 0 Å². The van der Waals surface area contributed by atoms with Crippen molar-refractivity contribution in [2.45, 2.75) is 12.2 Å². The number of halogens is 1. The molecule has 2 amide bonds. The van der Waals surface area contributed by atoms with E-state index in [2.05, 4.69) is 16.1 Å². The van der Waals surface area contributed by atoms with E-state index >= 15 is 0 Å². The van der Waals surface area contributed by atoms with Gasteiger partial charge >= 0.3 is 12.0 Å². The van der Waals surface area contributed by atoms with Gasteiger partial charge in [0.05, 0.1) is 37.1 Å². The van der Waals surface area contributed by atoms with Gasteiger partial charge in [0.15, 0.2) is 11.5 Å². The zero-order valence-corrected chi connectivity index (χ0v) is 19.3. The number of hydrazine groups is 1. The SMILES string of the molecule is COc1ccc(C(Nc2ccc(C#N)c(F)c2)C2NC(=O)N(c3ccccc3C(=O)O)N2)cc1OC. The molecule has 3 aromatic carbocycles. The number of carboxylic acid groups (broad SMARTS) is 1. The predicted molar refractivity (Wildman–Crippen MR) is 128 cm³/mol. The smallest absolute Gasteiger partial charge is 0.337 e. The first-order valence-corrected chi connectivity index (χ1v) is 10.7. The molecule has 1 heterocycles. The molecule has 1 saturated heterocycles. The fraction of sp³-hybridized carbons (Fsp3) is 0.160. The van der Waals surface area contributed by atoms with Crippen LogP contribution in [0, 0.1) is 17.1 Å². The Morgan fingerprint density at radius 3 is 2.56 bits per heavy atom. The molecule has 0 radical (unpaired) electrons. The van der Waals surface area contributed by atoms with Crippen LogP contribution < -0.4 is 30.5 Å². The van der Waals surface area contributed by atoms with Gasteiger partial charge in [-0.15, -0.1) is 0 Å². The molecular formula is C25H22FN5O5. The second-order valence-electron chi connectivity index (χ2n) is 7.76. The number of methoxy groups -OCH3 is 2. The van der Waals surface area contributed by atoms with E-state index in [4.69, 9.17) is 14.7 Å². The van der Waals surface area contributed by atoms with Gasteiger partial charge in [-0.25, -0.2) is 24.4 Å². The van der Waals surface area contributed by atoms with Crippen molar-refractivity contribution < 1.29 is 28.6 Å². The van der Waals surface area contributed by atoms with Gasteiger partial charge in [0.25, 0.3) is 0 Å². The van der Waals surface area contributed by atoms with Crippen molar-refractivity contribution >= 4 is 23.4 Å². The largest absolute Gasteiger partial charge is 0.493 e. The summed E-state index contributed by atoms with van der Waals surface area (Å²) in [5.74, 6) is -0.963. The van der Waals surface area contributed by atoms with Crippen LogP contribution in [-0.4, -0.2) is 37.5 Å². The van der Waals surface area contributed by atoms with E-state index in [0.29, 0.717) is 22.7 Å². The number of para-hydroxylation sites is 1. The number of hydrogen-bond donors (Lipinski definition) is 4. The van der Waals surface area contributed by atoms with Crippen LogP contribution in [-0.2, 0) is 0 Å². The van der Waals surface area contributed by atoms with Crippen molar-refractivity contribution in [1.82, 2.24) is 10.7 Å². The molecule has 4 rings (SSSR count). The van der Waals surface area contributed by atoms with Gasteiger partial charge in [-0.05, 0) is 48.0 Å². The zero-order valence-electron chi connectivity index (χ0n) is 19.3. The average molecular weight is 491 g/mol. The van der Waals surface area contributed by atoms with Crippen LogP contribution in [0.3, 0.4) is 0 Å². The Kier molecular flexibility index (Phi) is 6.89. The number of carbonyl (C=O) groups excluding carboxylic acids is 1. The second-order valence-corrected chi connectivity index (χ2v) is 7.76. The van der Waals surface area contributed by atoms with Gasteiger partial charge in [-0.3, -0.25) is 0 Å². The summed E-state index contributed by atoms with van der Waals surface area (Å²) in [6, 6.07) is 15.8. The number of ether oxygens (including phenoxy) is 2. The van der Waals surface area contributed by atoms with E-state index in [9.17, 15) is 19.1 Å². The quantitative estimate of drug-likeness (QED) is 0.375. The summed E-state index contributed by atoms with van der Waals surface area (Å²) in [7, 11) is 2.99. The number of rotatable bonds is 8. The lowest BCUT2D eigenvalue weighted by molar-refractivity contribution is 0.0697. The van der Waals surface area contributed by atoms with Gasteiger partial charge < -0.3 is 25.2 Å². The highest BCUT2D eigenvalue weighted by Crippen LogP contribution is 2.34. The van der Waals surface area contributed by atoms with Crippen LogP contribution >= 0.6 is 0 Å². The normalized spacial score (nSPS) is 15.6. The van der Waals surface area contributed by atoms with Gasteiger partial charge in [-0.1, -0.05) is 18.2 Å². The number of nitrogens with one attached hydrogen (secondary N) is 3. The summed E-state index contributed by atoms with van der Waals surface area (Å²) in [5, 5.41) is 25.7. The molecule has 36 heavy (non-hydrogen) atoms. The summed E-state index contributed by atoms with van der Waals surface area (Å²) in [6.07, 6.45) is -0.795. The van der Waals surface area contributed by atoms with Gasteiger partial charge in [-0.2, -0.15) is 5.26 Å². The first kappa shape index (κ1) is 24.3. The van der Waals surface area contributed by atoms with E-state index in [1.165, 1.54) is 38.5 Å². The predicted octanol–water partition coefficient (Wildman–Crippen LogP) is 3.63. The maximum Gasteiger partial charge on any atom is 0.337 e. The fourth-order valence-electron chi connectivity index (χ4n) is 3.89. The third-order valence-electron chi connectivity index (χ3n) is 5.64. The van der Waals surface area contributed by atoms with Crippen molar-refractivity contribution in [3.63, 3.8) is 0 Å². The van der Waals surface area contributed by atoms with Crippen molar-refractivity contribution in [1.29, 1.82) is 5.26 Å². The molecule has 4 N–H and O–H groups in total. The maximum absolute atomic E-state index is 14.3. The average Bonchev–Trinajstić information content (AvgIpc) is 3.27. The molecule has 3 aromatic rings. The molecule has 2 unspecified atom stereocenters. The highest BCUT2D eigenvalue weighted by atomic mass is 19.1. The molecular weight excluding hydrogens is 469 g/mol. The minimum Gasteiger partial charge on any atom is -0.493 e. The molecule has 0 aliphatic carbocycles. The Bertz CT molecular complexity index is 1360. The summed E-state index contributed by atoms with van der Waals surface area (Å²) < 4.78 is 25.0. The number of urea groups is 1. The Morgan fingerprint density at radius 1 is 1.14 bits per heavy atom. The van der Waals surface area contributed by atoms with Gasteiger partial charge in [0.2, 0.25) is 0 Å². The Hall–Kier alpha value is -4.82. The Morgan fingerprint density at radius 2 is 1.89 bits per heavy atom. The third-order valence-corrected chi connectivity index (χ3v) is 5.64. The molecule has 0 bridgehead atoms. The lowest BCUT2D eigenvalue weighted by Gasteiger charge is -2.27. The number of anilines is 2. The maximum atomic E-state index is 14.3. The fourth-order valence-corrected chi connectivity index (χ4v) is 3.89. The van der Waals surface area contributed by atoms with Crippen molar-refractivity contribution in [3.8, 4) is 17.6 Å². The lowest BCUT2D eigenvalue weighted by Crippen LogP contribution is -2.44. The van der Waals surface area contributed by atoms with Gasteiger partial charge in [0, 0.05) is 5.69 Å². The summed E-state index contributed by atoms with van der Waals surface area (Å²) in [4.78, 5) is 24.6. The summed E-state index contributed by atoms with van der Waals surface area (Å²) in [5.41, 5.74) is 3.98. The second kappa shape index (κ2) is 10.2. The van der Waals surface area contributed by atoms with Crippen LogP contribution in [0.1, 0.15) is 27.5 Å². The van der Waals surface area contributed by atoms with E-state index in [-0.39, 0.29) is 16.8 Å². The molecule has 10 nitrogen and oxygen atoms in total. The highest BCUT2D eigenvalue weighted by molar-refractivity contribution is 6.01. The molecule has 0 aromatic heterocycles. The van der Waals surface area contributed by atoms with Crippen molar-refractivity contribution in [2.75, 3.05) is 24.5 Å². The lowest BCUT2D eigenvalue weighted by atomic mass is 10.0. The zero-order chi connectivity index (χ0) is 25.8. The highest BCUT2D eigenvalue weighted by Gasteiger charge is 2.37. The number of nitrogens with zero attached hydrogens (tertiary/aromatic N) is 2. The standard InChI is InChI=1S/C25H22FN5O5/c1-35-20-10-8-14(11-21(20)36-2)22(28-16-9-7-15(13-27)18(26)12-16)23-29-25(34)31(30-23)19-6-4-3-5-17(19)24(32)33/h3-12,22-23,28,30H,1-2H3,(H,29,34)(H,32,33). The van der Waals surface area contributed by atoms with Crippen molar-refractivity contribution in [3.05, 3.63) is 83.2 Å². The Labute approximate surface area is 205 Å². The summed E-state index contributed by atoms with van der Waals surface area (Å²) >= 11 is 0. The Balaban J connectivity index is 1.72. The molecule has 1 aliphatic heterocycles. The number of carbonyl (C=O) groups is 2. The number of benzene rings is 3. The molecule has 1 fully saturated rings. The van der Waals surface area contributed by atoms with Crippen LogP contribution in [0.5, 0.6) is 11.5 Å². The first-order valence-electron chi connectivity index (χ1n) is 10.7. The van der Waals surface area contributed by atoms with E-state index in [1.54, 1.807) is 42.5 Å². The van der Waals surface area contributed by atoms with Crippen LogP contribution in [0.2, 0.25) is 0 Å². The van der Waals surface area contributed by atoms with E-state index < -0.39 is 30.0 Å². The number of hydrogen-bond acceptors (Lipinski definition) is 7. The topological polar surface area (TPSA) is 136 Å². The van der Waals surface area contributed by atoms with E-state index in [1.807, 2.05) is 0 Å². The minimum absolute atomic E-state index is 0.0643. The molecule has 0 saturated carbocycles. The van der Waals surface area contributed by atoms with Gasteiger partial charge in [0.1, 0.15) is 18.1 Å².